The zero-order valence-electron chi connectivity index (χ0n) is 13.5. The summed E-state index contributed by atoms with van der Waals surface area (Å²) >= 11 is 0. The predicted octanol–water partition coefficient (Wildman–Crippen LogP) is 3.27. The molecular formula is C18H15F2NO4. The molecule has 0 aliphatic heterocycles. The molecule has 0 saturated heterocycles. The molecular weight excluding hydrogens is 332 g/mol. The van der Waals surface area contributed by atoms with Crippen LogP contribution in [-0.2, 0) is 19.1 Å². The molecule has 1 N–H and O–H groups in total. The second-order valence-electron chi connectivity index (χ2n) is 4.93. The predicted molar refractivity (Wildman–Crippen MR) is 87.5 cm³/mol. The second-order valence-corrected chi connectivity index (χ2v) is 4.93. The molecule has 0 aromatic heterocycles. The van der Waals surface area contributed by atoms with Crippen LogP contribution in [0.1, 0.15) is 0 Å². The zero-order valence-corrected chi connectivity index (χ0v) is 13.5. The van der Waals surface area contributed by atoms with Crippen molar-refractivity contribution >= 4 is 17.6 Å². The van der Waals surface area contributed by atoms with Gasteiger partial charge in [0, 0.05) is 11.8 Å². The fourth-order valence-corrected chi connectivity index (χ4v) is 2.05. The third kappa shape index (κ3) is 4.87. The Balaban J connectivity index is 2.25. The van der Waals surface area contributed by atoms with Gasteiger partial charge >= 0.3 is 11.9 Å². The van der Waals surface area contributed by atoms with Crippen LogP contribution in [0.15, 0.2) is 54.2 Å². The minimum absolute atomic E-state index is 0.112. The average Bonchev–Trinajstić information content (AvgIpc) is 2.60. The van der Waals surface area contributed by atoms with Gasteiger partial charge in [-0.25, -0.2) is 18.4 Å². The normalized spacial score (nSPS) is 11.0. The number of ether oxygens (including phenoxy) is 2. The molecule has 7 heteroatoms. The third-order valence-electron chi connectivity index (χ3n) is 3.23. The molecule has 0 amide bonds. The van der Waals surface area contributed by atoms with Crippen LogP contribution >= 0.6 is 0 Å². The van der Waals surface area contributed by atoms with Crippen molar-refractivity contribution in [1.82, 2.24) is 0 Å². The number of halogens is 2. The van der Waals surface area contributed by atoms with Gasteiger partial charge < -0.3 is 14.8 Å². The van der Waals surface area contributed by atoms with E-state index in [2.05, 4.69) is 14.8 Å². The van der Waals surface area contributed by atoms with Crippen molar-refractivity contribution in [1.29, 1.82) is 0 Å². The number of hydrogen-bond acceptors (Lipinski definition) is 5. The van der Waals surface area contributed by atoms with Crippen molar-refractivity contribution in [2.75, 3.05) is 19.5 Å². The van der Waals surface area contributed by atoms with Crippen molar-refractivity contribution < 1.29 is 27.8 Å². The molecule has 0 heterocycles. The number of carbonyl (C=O) groups is 2. The van der Waals surface area contributed by atoms with Gasteiger partial charge in [-0.05, 0) is 35.4 Å². The summed E-state index contributed by atoms with van der Waals surface area (Å²) < 4.78 is 35.7. The number of carbonyl (C=O) groups excluding carboxylic acids is 2. The molecule has 0 saturated carbocycles. The van der Waals surface area contributed by atoms with Crippen LogP contribution in [0.25, 0.3) is 11.1 Å². The first kappa shape index (κ1) is 18.1. The van der Waals surface area contributed by atoms with E-state index < -0.39 is 23.6 Å². The lowest BCUT2D eigenvalue weighted by atomic mass is 10.1. The van der Waals surface area contributed by atoms with Crippen LogP contribution in [0.5, 0.6) is 0 Å². The van der Waals surface area contributed by atoms with Gasteiger partial charge in [-0.15, -0.1) is 0 Å². The van der Waals surface area contributed by atoms with Gasteiger partial charge in [0.25, 0.3) is 0 Å². The van der Waals surface area contributed by atoms with E-state index in [-0.39, 0.29) is 5.70 Å². The lowest BCUT2D eigenvalue weighted by molar-refractivity contribution is -0.138. The highest BCUT2D eigenvalue weighted by Gasteiger charge is 2.13. The highest BCUT2D eigenvalue weighted by atomic mass is 19.1. The maximum absolute atomic E-state index is 13.3. The Kier molecular flexibility index (Phi) is 5.84. The van der Waals surface area contributed by atoms with Crippen molar-refractivity contribution in [2.24, 2.45) is 0 Å². The summed E-state index contributed by atoms with van der Waals surface area (Å²) in [6.07, 6.45) is 0.960. The maximum Gasteiger partial charge on any atom is 0.354 e. The Morgan fingerprint density at radius 2 is 1.52 bits per heavy atom. The van der Waals surface area contributed by atoms with Crippen LogP contribution in [0.2, 0.25) is 0 Å². The molecule has 0 atom stereocenters. The Morgan fingerprint density at radius 1 is 0.920 bits per heavy atom. The monoisotopic (exact) mass is 347 g/mol. The van der Waals surface area contributed by atoms with Crippen LogP contribution < -0.4 is 5.32 Å². The summed E-state index contributed by atoms with van der Waals surface area (Å²) in [6, 6.07) is 9.62. The number of benzene rings is 2. The molecule has 0 aliphatic carbocycles. The van der Waals surface area contributed by atoms with Crippen LogP contribution in [-0.4, -0.2) is 26.2 Å². The van der Waals surface area contributed by atoms with E-state index in [1.807, 2.05) is 0 Å². The molecule has 0 spiro atoms. The minimum Gasteiger partial charge on any atom is -0.466 e. The molecule has 5 nitrogen and oxygen atoms in total. The van der Waals surface area contributed by atoms with Crippen molar-refractivity contribution in [3.63, 3.8) is 0 Å². The highest BCUT2D eigenvalue weighted by Crippen LogP contribution is 2.24. The Bertz CT molecular complexity index is 796. The number of hydrogen-bond donors (Lipinski definition) is 1. The van der Waals surface area contributed by atoms with Gasteiger partial charge in [-0.3, -0.25) is 0 Å². The molecule has 130 valence electrons. The van der Waals surface area contributed by atoms with Gasteiger partial charge in [0.1, 0.15) is 17.3 Å². The Labute approximate surface area is 142 Å². The van der Waals surface area contributed by atoms with E-state index in [1.165, 1.54) is 26.4 Å². The number of nitrogens with one attached hydrogen (secondary N) is 1. The van der Waals surface area contributed by atoms with Crippen LogP contribution in [0, 0.1) is 11.6 Å². The molecule has 2 aromatic carbocycles. The number of rotatable bonds is 5. The van der Waals surface area contributed by atoms with Gasteiger partial charge in [-0.1, -0.05) is 12.1 Å². The van der Waals surface area contributed by atoms with Crippen molar-refractivity contribution in [3.05, 3.63) is 65.9 Å². The first-order chi connectivity index (χ1) is 11.9. The quantitative estimate of drug-likeness (QED) is 0.664. The molecule has 0 aliphatic rings. The number of esters is 2. The summed E-state index contributed by atoms with van der Waals surface area (Å²) in [5.41, 5.74) is 1.32. The second kappa shape index (κ2) is 8.05. The van der Waals surface area contributed by atoms with Crippen molar-refractivity contribution in [3.8, 4) is 11.1 Å². The van der Waals surface area contributed by atoms with E-state index in [0.29, 0.717) is 16.8 Å². The lowest BCUT2D eigenvalue weighted by Crippen LogP contribution is -2.15. The summed E-state index contributed by atoms with van der Waals surface area (Å²) in [7, 11) is 2.36. The first-order valence-corrected chi connectivity index (χ1v) is 7.14. The van der Waals surface area contributed by atoms with Gasteiger partial charge in [0.05, 0.1) is 20.3 Å². The number of methoxy groups -OCH3 is 2. The lowest BCUT2D eigenvalue weighted by Gasteiger charge is -2.10. The number of anilines is 1. The van der Waals surface area contributed by atoms with Crippen molar-refractivity contribution in [2.45, 2.75) is 0 Å². The van der Waals surface area contributed by atoms with E-state index in [9.17, 15) is 18.4 Å². The highest BCUT2D eigenvalue weighted by molar-refractivity contribution is 5.98. The van der Waals surface area contributed by atoms with E-state index >= 15 is 0 Å². The Hall–Kier alpha value is -3.22. The molecule has 2 rings (SSSR count). The minimum atomic E-state index is -0.748. The topological polar surface area (TPSA) is 64.6 Å². The van der Waals surface area contributed by atoms with E-state index in [0.717, 1.165) is 12.1 Å². The van der Waals surface area contributed by atoms with Gasteiger partial charge in [0.15, 0.2) is 0 Å². The summed E-state index contributed by atoms with van der Waals surface area (Å²) in [6.45, 7) is 0. The third-order valence-corrected chi connectivity index (χ3v) is 3.23. The molecule has 2 aromatic rings. The average molecular weight is 347 g/mol. The fourth-order valence-electron chi connectivity index (χ4n) is 2.05. The SMILES string of the molecule is COC(=O)/C=C(/Nc1ccc(-c2cc(F)cc(F)c2)cc1)C(=O)OC. The summed E-state index contributed by atoms with van der Waals surface area (Å²) in [5, 5.41) is 2.73. The molecule has 25 heavy (non-hydrogen) atoms. The summed E-state index contributed by atoms with van der Waals surface area (Å²) in [5.74, 6) is -2.82. The van der Waals surface area contributed by atoms with Gasteiger partial charge in [-0.2, -0.15) is 0 Å². The van der Waals surface area contributed by atoms with E-state index in [1.54, 1.807) is 24.3 Å². The van der Waals surface area contributed by atoms with Gasteiger partial charge in [0.2, 0.25) is 0 Å². The summed E-state index contributed by atoms with van der Waals surface area (Å²) in [4.78, 5) is 23.0. The smallest absolute Gasteiger partial charge is 0.354 e. The fraction of sp³-hybridized carbons (Fsp3) is 0.111. The Morgan fingerprint density at radius 3 is 2.04 bits per heavy atom. The molecule has 0 unspecified atom stereocenters. The van der Waals surface area contributed by atoms with E-state index in [4.69, 9.17) is 0 Å². The van der Waals surface area contributed by atoms with Crippen LogP contribution in [0.4, 0.5) is 14.5 Å². The first-order valence-electron chi connectivity index (χ1n) is 7.14. The molecule has 0 bridgehead atoms. The largest absolute Gasteiger partial charge is 0.466 e. The zero-order chi connectivity index (χ0) is 18.4. The molecule has 0 radical (unpaired) electrons. The van der Waals surface area contributed by atoms with Crippen LogP contribution in [0.3, 0.4) is 0 Å². The molecule has 0 fully saturated rings. The maximum atomic E-state index is 13.3. The standard InChI is InChI=1S/C18H15F2NO4/c1-24-17(22)10-16(18(23)25-2)21-15-5-3-11(4-6-15)12-7-13(19)9-14(20)8-12/h3-10,21H,1-2H3/b16-10+.